The fraction of sp³-hybridized carbons (Fsp3) is 0.346. The van der Waals surface area contributed by atoms with E-state index in [4.69, 9.17) is 4.74 Å². The van der Waals surface area contributed by atoms with Gasteiger partial charge in [-0.1, -0.05) is 55.5 Å². The zero-order valence-electron chi connectivity index (χ0n) is 17.8. The van der Waals surface area contributed by atoms with Gasteiger partial charge >= 0.3 is 0 Å². The molecule has 0 saturated carbocycles. The highest BCUT2D eigenvalue weighted by molar-refractivity contribution is 5.88. The summed E-state index contributed by atoms with van der Waals surface area (Å²) in [6.07, 6.45) is 2.57. The van der Waals surface area contributed by atoms with Crippen LogP contribution in [0.5, 0.6) is 5.75 Å². The lowest BCUT2D eigenvalue weighted by Gasteiger charge is -2.33. The van der Waals surface area contributed by atoms with Crippen molar-refractivity contribution < 1.29 is 9.53 Å². The molecule has 4 rings (SSSR count). The maximum Gasteiger partial charge on any atom is 0.258 e. The monoisotopic (exact) mass is 402 g/mol. The van der Waals surface area contributed by atoms with Crippen LogP contribution in [-0.4, -0.2) is 25.6 Å². The van der Waals surface area contributed by atoms with E-state index in [0.29, 0.717) is 0 Å². The van der Waals surface area contributed by atoms with E-state index in [9.17, 15) is 4.79 Å². The third-order valence-corrected chi connectivity index (χ3v) is 5.90. The SMILES string of the molecule is C[C@H]1CCCN(c2ccc([C@H](C)NC(=O)COc3cccc4ccccc34)cc2)C1. The average Bonchev–Trinajstić information content (AvgIpc) is 2.77. The van der Waals surface area contributed by atoms with E-state index in [-0.39, 0.29) is 18.6 Å². The molecule has 1 N–H and O–H groups in total. The summed E-state index contributed by atoms with van der Waals surface area (Å²) in [7, 11) is 0. The highest BCUT2D eigenvalue weighted by Gasteiger charge is 2.17. The Morgan fingerprint density at radius 1 is 1.10 bits per heavy atom. The maximum absolute atomic E-state index is 12.4. The second kappa shape index (κ2) is 9.21. The van der Waals surface area contributed by atoms with Gasteiger partial charge < -0.3 is 15.0 Å². The van der Waals surface area contributed by atoms with Gasteiger partial charge in [-0.25, -0.2) is 0 Å². The second-order valence-corrected chi connectivity index (χ2v) is 8.34. The van der Waals surface area contributed by atoms with Gasteiger partial charge in [0.15, 0.2) is 6.61 Å². The van der Waals surface area contributed by atoms with Crippen LogP contribution in [0.3, 0.4) is 0 Å². The lowest BCUT2D eigenvalue weighted by molar-refractivity contribution is -0.123. The van der Waals surface area contributed by atoms with Gasteiger partial charge in [-0.2, -0.15) is 0 Å². The summed E-state index contributed by atoms with van der Waals surface area (Å²) in [6.45, 7) is 6.58. The lowest BCUT2D eigenvalue weighted by atomic mass is 9.99. The molecule has 1 amide bonds. The number of carbonyl (C=O) groups excluding carboxylic acids is 1. The Morgan fingerprint density at radius 2 is 1.87 bits per heavy atom. The molecule has 1 saturated heterocycles. The lowest BCUT2D eigenvalue weighted by Crippen LogP contribution is -2.34. The van der Waals surface area contributed by atoms with Gasteiger partial charge in [0.2, 0.25) is 0 Å². The summed E-state index contributed by atoms with van der Waals surface area (Å²) in [4.78, 5) is 14.9. The molecule has 4 nitrogen and oxygen atoms in total. The van der Waals surface area contributed by atoms with Crippen molar-refractivity contribution in [3.63, 3.8) is 0 Å². The summed E-state index contributed by atoms with van der Waals surface area (Å²) in [5.41, 5.74) is 2.37. The minimum Gasteiger partial charge on any atom is -0.483 e. The summed E-state index contributed by atoms with van der Waals surface area (Å²) in [5, 5.41) is 5.16. The normalized spacial score (nSPS) is 17.5. The smallest absolute Gasteiger partial charge is 0.258 e. The molecule has 1 heterocycles. The predicted octanol–water partition coefficient (Wildman–Crippen LogP) is 5.33. The molecule has 4 heteroatoms. The van der Waals surface area contributed by atoms with Gasteiger partial charge in [0.1, 0.15) is 5.75 Å². The average molecular weight is 403 g/mol. The van der Waals surface area contributed by atoms with Crippen LogP contribution in [0.4, 0.5) is 5.69 Å². The Morgan fingerprint density at radius 3 is 2.67 bits per heavy atom. The van der Waals surface area contributed by atoms with E-state index >= 15 is 0 Å². The fourth-order valence-electron chi connectivity index (χ4n) is 4.23. The quantitative estimate of drug-likeness (QED) is 0.606. The molecule has 0 spiro atoms. The van der Waals surface area contributed by atoms with E-state index in [2.05, 4.69) is 41.4 Å². The molecule has 156 valence electrons. The van der Waals surface area contributed by atoms with Gasteiger partial charge in [0.25, 0.3) is 5.91 Å². The van der Waals surface area contributed by atoms with Gasteiger partial charge in [-0.05, 0) is 54.8 Å². The Balaban J connectivity index is 1.33. The topological polar surface area (TPSA) is 41.6 Å². The number of anilines is 1. The number of fused-ring (bicyclic) bond motifs is 1. The predicted molar refractivity (Wildman–Crippen MR) is 123 cm³/mol. The van der Waals surface area contributed by atoms with Crippen molar-refractivity contribution in [2.24, 2.45) is 5.92 Å². The number of amides is 1. The first-order valence-electron chi connectivity index (χ1n) is 10.8. The third-order valence-electron chi connectivity index (χ3n) is 5.90. The molecule has 0 aliphatic carbocycles. The number of benzene rings is 3. The Labute approximate surface area is 178 Å². The highest BCUT2D eigenvalue weighted by atomic mass is 16.5. The van der Waals surface area contributed by atoms with Crippen LogP contribution in [0.25, 0.3) is 10.8 Å². The van der Waals surface area contributed by atoms with E-state index in [1.165, 1.54) is 18.5 Å². The number of carbonyl (C=O) groups is 1. The number of hydrogen-bond acceptors (Lipinski definition) is 3. The number of hydrogen-bond donors (Lipinski definition) is 1. The first-order valence-corrected chi connectivity index (χ1v) is 10.8. The van der Waals surface area contributed by atoms with Gasteiger partial charge in [0, 0.05) is 24.2 Å². The van der Waals surface area contributed by atoms with Crippen molar-refractivity contribution >= 4 is 22.4 Å². The minimum atomic E-state index is -0.121. The third kappa shape index (κ3) is 4.76. The van der Waals surface area contributed by atoms with E-state index < -0.39 is 0 Å². The first-order chi connectivity index (χ1) is 14.6. The van der Waals surface area contributed by atoms with Crippen molar-refractivity contribution in [1.82, 2.24) is 5.32 Å². The van der Waals surface area contributed by atoms with Gasteiger partial charge in [-0.15, -0.1) is 0 Å². The zero-order chi connectivity index (χ0) is 20.9. The van der Waals surface area contributed by atoms with E-state index in [0.717, 1.165) is 41.1 Å². The summed E-state index contributed by atoms with van der Waals surface area (Å²) in [6, 6.07) is 22.4. The summed E-state index contributed by atoms with van der Waals surface area (Å²) < 4.78 is 5.81. The van der Waals surface area contributed by atoms with Gasteiger partial charge in [-0.3, -0.25) is 4.79 Å². The molecule has 0 unspecified atom stereocenters. The first kappa shape index (κ1) is 20.3. The number of ether oxygens (including phenoxy) is 1. The highest BCUT2D eigenvalue weighted by Crippen LogP contribution is 2.26. The van der Waals surface area contributed by atoms with Crippen LogP contribution in [0, 0.1) is 5.92 Å². The largest absolute Gasteiger partial charge is 0.483 e. The molecule has 1 fully saturated rings. The number of rotatable bonds is 6. The molecular formula is C26H30N2O2. The van der Waals surface area contributed by atoms with Crippen LogP contribution >= 0.6 is 0 Å². The van der Waals surface area contributed by atoms with Crippen LogP contribution in [-0.2, 0) is 4.79 Å². The van der Waals surface area contributed by atoms with Crippen molar-refractivity contribution in [3.05, 3.63) is 72.3 Å². The number of piperidine rings is 1. The van der Waals surface area contributed by atoms with E-state index in [1.54, 1.807) is 0 Å². The molecular weight excluding hydrogens is 372 g/mol. The summed E-state index contributed by atoms with van der Waals surface area (Å²) in [5.74, 6) is 1.36. The van der Waals surface area contributed by atoms with Crippen molar-refractivity contribution in [2.75, 3.05) is 24.6 Å². The molecule has 1 aliphatic heterocycles. The molecule has 0 bridgehead atoms. The standard InChI is InChI=1S/C26H30N2O2/c1-19-7-6-16-28(17-19)23-14-12-21(13-15-23)20(2)27-26(29)18-30-25-11-5-9-22-8-3-4-10-24(22)25/h3-5,8-15,19-20H,6-7,16-18H2,1-2H3,(H,27,29)/t19-,20-/m0/s1. The molecule has 30 heavy (non-hydrogen) atoms. The fourth-order valence-corrected chi connectivity index (χ4v) is 4.23. The Kier molecular flexibility index (Phi) is 6.22. The summed E-state index contributed by atoms with van der Waals surface area (Å²) >= 11 is 0. The van der Waals surface area contributed by atoms with Crippen molar-refractivity contribution in [3.8, 4) is 5.75 Å². The number of nitrogens with zero attached hydrogens (tertiary/aromatic N) is 1. The van der Waals surface area contributed by atoms with Crippen molar-refractivity contribution in [1.29, 1.82) is 0 Å². The molecule has 3 aromatic carbocycles. The zero-order valence-corrected chi connectivity index (χ0v) is 17.8. The van der Waals surface area contributed by atoms with Gasteiger partial charge in [0.05, 0.1) is 6.04 Å². The van der Waals surface area contributed by atoms with Crippen LogP contribution in [0.2, 0.25) is 0 Å². The minimum absolute atomic E-state index is 0.00208. The molecule has 1 aliphatic rings. The maximum atomic E-state index is 12.4. The number of nitrogens with one attached hydrogen (secondary N) is 1. The Hall–Kier alpha value is -3.01. The van der Waals surface area contributed by atoms with Crippen molar-refractivity contribution in [2.45, 2.75) is 32.7 Å². The van der Waals surface area contributed by atoms with E-state index in [1.807, 2.05) is 49.4 Å². The van der Waals surface area contributed by atoms with Crippen LogP contribution in [0.1, 0.15) is 38.3 Å². The molecule has 0 aromatic heterocycles. The molecule has 2 atom stereocenters. The van der Waals surface area contributed by atoms with Crippen LogP contribution in [0.15, 0.2) is 66.7 Å². The second-order valence-electron chi connectivity index (χ2n) is 8.34. The molecule has 0 radical (unpaired) electrons. The Bertz CT molecular complexity index is 994. The van der Waals surface area contributed by atoms with Crippen LogP contribution < -0.4 is 15.0 Å². The molecule has 3 aromatic rings.